The Balaban J connectivity index is 1.40. The summed E-state index contributed by atoms with van der Waals surface area (Å²) in [6.45, 7) is 4.45. The van der Waals surface area contributed by atoms with Crippen LogP contribution in [0, 0.1) is 19.8 Å². The topological polar surface area (TPSA) is 67.2 Å². The molecule has 0 aliphatic carbocycles. The number of rotatable bonds is 4. The lowest BCUT2D eigenvalue weighted by atomic mass is 10.1. The van der Waals surface area contributed by atoms with Gasteiger partial charge in [-0.15, -0.1) is 0 Å². The summed E-state index contributed by atoms with van der Waals surface area (Å²) in [6.07, 6.45) is 0.217. The highest BCUT2D eigenvalue weighted by Gasteiger charge is 2.36. The second-order valence-electron chi connectivity index (χ2n) is 8.25. The Bertz CT molecular complexity index is 1170. The van der Waals surface area contributed by atoms with Gasteiger partial charge in [-0.3, -0.25) is 9.59 Å². The fourth-order valence-electron chi connectivity index (χ4n) is 4.16. The summed E-state index contributed by atoms with van der Waals surface area (Å²) in [4.78, 5) is 27.5. The van der Waals surface area contributed by atoms with E-state index in [0.29, 0.717) is 6.54 Å². The number of anilines is 2. The number of aromatic nitrogens is 2. The van der Waals surface area contributed by atoms with Crippen LogP contribution in [0.1, 0.15) is 28.8 Å². The summed E-state index contributed by atoms with van der Waals surface area (Å²) >= 11 is 1.80. The maximum absolute atomic E-state index is 13.2. The maximum atomic E-state index is 13.2. The van der Waals surface area contributed by atoms with E-state index in [1.165, 1.54) is 0 Å². The highest BCUT2D eigenvalue weighted by atomic mass is 32.2. The summed E-state index contributed by atoms with van der Waals surface area (Å²) in [5.74, 6) is 1.88. The molecule has 2 aromatic carbocycles. The molecule has 3 heterocycles. The van der Waals surface area contributed by atoms with Crippen molar-refractivity contribution < 1.29 is 9.59 Å². The van der Waals surface area contributed by atoms with Gasteiger partial charge in [0, 0.05) is 35.7 Å². The number of nitrogens with one attached hydrogen (secondary N) is 1. The molecular weight excluding hydrogens is 408 g/mol. The lowest BCUT2D eigenvalue weighted by Crippen LogP contribution is -2.28. The van der Waals surface area contributed by atoms with Crippen LogP contribution in [-0.4, -0.2) is 28.1 Å². The summed E-state index contributed by atoms with van der Waals surface area (Å²) in [5, 5.41) is 7.89. The van der Waals surface area contributed by atoms with E-state index in [4.69, 9.17) is 5.10 Å². The first-order chi connectivity index (χ1) is 15.0. The molecule has 3 aromatic rings. The summed E-state index contributed by atoms with van der Waals surface area (Å²) in [6, 6.07) is 15.9. The summed E-state index contributed by atoms with van der Waals surface area (Å²) in [7, 11) is 0. The van der Waals surface area contributed by atoms with Crippen molar-refractivity contribution in [3.8, 4) is 5.69 Å². The molecule has 0 saturated carbocycles. The second kappa shape index (κ2) is 7.89. The Morgan fingerprint density at radius 2 is 1.87 bits per heavy atom. The van der Waals surface area contributed by atoms with E-state index < -0.39 is 0 Å². The molecule has 1 atom stereocenters. The molecule has 2 aliphatic heterocycles. The molecule has 1 N–H and O–H groups in total. The number of hydrogen-bond acceptors (Lipinski definition) is 4. The molecular formula is C24H24N4O2S. The van der Waals surface area contributed by atoms with Gasteiger partial charge < -0.3 is 10.2 Å². The van der Waals surface area contributed by atoms with Crippen LogP contribution in [0.4, 0.5) is 11.5 Å². The normalized spacial score (nSPS) is 17.8. The smallest absolute Gasteiger partial charge is 0.230 e. The molecule has 0 bridgehead atoms. The minimum absolute atomic E-state index is 0.0167. The van der Waals surface area contributed by atoms with E-state index in [0.717, 1.165) is 51.1 Å². The van der Waals surface area contributed by atoms with Crippen molar-refractivity contribution >= 4 is 35.1 Å². The number of fused-ring (bicyclic) bond motifs is 1. The molecule has 0 radical (unpaired) electrons. The van der Waals surface area contributed by atoms with Gasteiger partial charge in [0.2, 0.25) is 11.8 Å². The highest BCUT2D eigenvalue weighted by Crippen LogP contribution is 2.37. The van der Waals surface area contributed by atoms with Gasteiger partial charge in [-0.1, -0.05) is 29.8 Å². The number of hydrogen-bond donors (Lipinski definition) is 1. The first kappa shape index (κ1) is 19.9. The Morgan fingerprint density at radius 3 is 2.65 bits per heavy atom. The zero-order valence-corrected chi connectivity index (χ0v) is 18.4. The second-order valence-corrected chi connectivity index (χ2v) is 9.23. The lowest BCUT2D eigenvalue weighted by molar-refractivity contribution is -0.122. The molecule has 2 amide bonds. The average molecular weight is 433 g/mol. The Kier molecular flexibility index (Phi) is 5.06. The number of carbonyl (C=O) groups is 2. The van der Waals surface area contributed by atoms with Crippen LogP contribution in [0.3, 0.4) is 0 Å². The van der Waals surface area contributed by atoms with Crippen molar-refractivity contribution in [2.75, 3.05) is 16.8 Å². The Morgan fingerprint density at radius 1 is 1.06 bits per heavy atom. The van der Waals surface area contributed by atoms with Crippen molar-refractivity contribution in [3.05, 3.63) is 70.9 Å². The zero-order chi connectivity index (χ0) is 21.5. The fourth-order valence-corrected chi connectivity index (χ4v) is 5.20. The Hall–Kier alpha value is -3.06. The first-order valence-corrected chi connectivity index (χ1v) is 11.6. The molecule has 5 rings (SSSR count). The van der Waals surface area contributed by atoms with Crippen molar-refractivity contribution in [1.29, 1.82) is 0 Å². The van der Waals surface area contributed by atoms with Gasteiger partial charge in [-0.2, -0.15) is 16.9 Å². The predicted octanol–water partition coefficient (Wildman–Crippen LogP) is 4.23. The van der Waals surface area contributed by atoms with Crippen LogP contribution in [0.25, 0.3) is 5.69 Å². The van der Waals surface area contributed by atoms with Crippen molar-refractivity contribution in [2.45, 2.75) is 31.8 Å². The molecule has 6 nitrogen and oxygen atoms in total. The quantitative estimate of drug-likeness (QED) is 0.670. The van der Waals surface area contributed by atoms with E-state index in [9.17, 15) is 9.59 Å². The van der Waals surface area contributed by atoms with Crippen molar-refractivity contribution in [3.63, 3.8) is 0 Å². The van der Waals surface area contributed by atoms with E-state index in [1.54, 1.807) is 16.7 Å². The van der Waals surface area contributed by atoms with Gasteiger partial charge in [0.25, 0.3) is 0 Å². The highest BCUT2D eigenvalue weighted by molar-refractivity contribution is 7.98. The number of thioether (sulfide) groups is 1. The molecule has 2 aliphatic rings. The number of nitrogens with zero attached hydrogens (tertiary/aromatic N) is 3. The van der Waals surface area contributed by atoms with Crippen LogP contribution in [-0.2, 0) is 21.1 Å². The molecule has 1 unspecified atom stereocenters. The number of aryl methyl sites for hydroxylation is 2. The van der Waals surface area contributed by atoms with E-state index >= 15 is 0 Å². The van der Waals surface area contributed by atoms with Gasteiger partial charge >= 0.3 is 0 Å². The van der Waals surface area contributed by atoms with E-state index in [-0.39, 0.29) is 24.2 Å². The SMILES string of the molecule is Cc1ccc(N2CC(C(=O)Nc3c4c(nn3-c3cccc(C)c3)CSC4)CC2=O)cc1. The number of amides is 2. The van der Waals surface area contributed by atoms with Crippen molar-refractivity contribution in [1.82, 2.24) is 9.78 Å². The van der Waals surface area contributed by atoms with Crippen LogP contribution in [0.2, 0.25) is 0 Å². The molecule has 1 aromatic heterocycles. The molecule has 1 saturated heterocycles. The third-order valence-corrected chi connectivity index (χ3v) is 6.85. The molecule has 31 heavy (non-hydrogen) atoms. The van der Waals surface area contributed by atoms with Gasteiger partial charge in [-0.05, 0) is 43.7 Å². The van der Waals surface area contributed by atoms with Gasteiger partial charge in [0.05, 0.1) is 17.3 Å². The third kappa shape index (κ3) is 3.74. The summed E-state index contributed by atoms with van der Waals surface area (Å²) < 4.78 is 1.84. The van der Waals surface area contributed by atoms with Gasteiger partial charge in [-0.25, -0.2) is 4.68 Å². The van der Waals surface area contributed by atoms with Gasteiger partial charge in [0.1, 0.15) is 5.82 Å². The molecule has 7 heteroatoms. The van der Waals surface area contributed by atoms with E-state index in [2.05, 4.69) is 11.4 Å². The van der Waals surface area contributed by atoms with Crippen LogP contribution < -0.4 is 10.2 Å². The average Bonchev–Trinajstić information content (AvgIpc) is 3.44. The predicted molar refractivity (Wildman–Crippen MR) is 124 cm³/mol. The molecule has 1 fully saturated rings. The number of benzene rings is 2. The standard InChI is InChI=1S/C24H24N4O2S/c1-15-6-8-18(9-7-15)27-12-17(11-22(27)29)24(30)25-23-20-13-31-14-21(20)26-28(23)19-5-3-4-16(2)10-19/h3-10,17H,11-14H2,1-2H3,(H,25,30). The van der Waals surface area contributed by atoms with Crippen molar-refractivity contribution in [2.24, 2.45) is 5.92 Å². The largest absolute Gasteiger partial charge is 0.312 e. The fraction of sp³-hybridized carbons (Fsp3) is 0.292. The number of carbonyl (C=O) groups excluding carboxylic acids is 2. The minimum Gasteiger partial charge on any atom is -0.312 e. The Labute approximate surface area is 185 Å². The molecule has 158 valence electrons. The summed E-state index contributed by atoms with van der Waals surface area (Å²) in [5.41, 5.74) is 6.15. The maximum Gasteiger partial charge on any atom is 0.230 e. The van der Waals surface area contributed by atoms with Gasteiger partial charge in [0.15, 0.2) is 0 Å². The third-order valence-electron chi connectivity index (χ3n) is 5.88. The lowest BCUT2D eigenvalue weighted by Gasteiger charge is -2.17. The monoisotopic (exact) mass is 432 g/mol. The zero-order valence-electron chi connectivity index (χ0n) is 17.6. The minimum atomic E-state index is -0.389. The van der Waals surface area contributed by atoms with E-state index in [1.807, 2.05) is 61.0 Å². The first-order valence-electron chi connectivity index (χ1n) is 10.4. The van der Waals surface area contributed by atoms with Crippen LogP contribution >= 0.6 is 11.8 Å². The molecule has 0 spiro atoms. The van der Waals surface area contributed by atoms with Crippen LogP contribution in [0.5, 0.6) is 0 Å². The van der Waals surface area contributed by atoms with Crippen LogP contribution in [0.15, 0.2) is 48.5 Å².